The Hall–Kier alpha value is -1.94. The summed E-state index contributed by atoms with van der Waals surface area (Å²) >= 11 is 8.23. The highest BCUT2D eigenvalue weighted by atomic mass is 79.9. The summed E-state index contributed by atoms with van der Waals surface area (Å²) in [6.45, 7) is 0.502. The van der Waals surface area contributed by atoms with Crippen molar-refractivity contribution in [2.24, 2.45) is 0 Å². The molecule has 0 amide bonds. The number of hydrogen-bond donors (Lipinski definition) is 0. The summed E-state index contributed by atoms with van der Waals surface area (Å²) in [5.74, 6) is 1.36. The lowest BCUT2D eigenvalue weighted by atomic mass is 10.2. The van der Waals surface area contributed by atoms with Crippen molar-refractivity contribution in [3.63, 3.8) is 0 Å². The minimum absolute atomic E-state index is 0.0122. The number of nitrogens with zero attached hydrogens (tertiary/aromatic N) is 4. The van der Waals surface area contributed by atoms with E-state index < -0.39 is 0 Å². The predicted octanol–water partition coefficient (Wildman–Crippen LogP) is 5.27. The molecule has 5 rings (SSSR count). The van der Waals surface area contributed by atoms with Crippen molar-refractivity contribution in [3.05, 3.63) is 78.5 Å². The summed E-state index contributed by atoms with van der Waals surface area (Å²) in [6.07, 6.45) is 0. The zero-order valence-electron chi connectivity index (χ0n) is 14.4. The van der Waals surface area contributed by atoms with E-state index >= 15 is 0 Å². The molecule has 0 saturated carbocycles. The summed E-state index contributed by atoms with van der Waals surface area (Å²) in [4.78, 5) is 14.2. The predicted molar refractivity (Wildman–Crippen MR) is 120 cm³/mol. The Morgan fingerprint density at radius 2 is 2.00 bits per heavy atom. The number of thioether (sulfide) groups is 1. The van der Waals surface area contributed by atoms with Gasteiger partial charge in [0, 0.05) is 15.1 Å². The van der Waals surface area contributed by atoms with Gasteiger partial charge in [0.15, 0.2) is 5.16 Å². The van der Waals surface area contributed by atoms with Crippen molar-refractivity contribution in [2.75, 3.05) is 0 Å². The summed E-state index contributed by atoms with van der Waals surface area (Å²) < 4.78 is 5.51. The van der Waals surface area contributed by atoms with E-state index in [2.05, 4.69) is 38.3 Å². The summed E-state index contributed by atoms with van der Waals surface area (Å²) in [5.41, 5.74) is 2.06. The molecule has 5 aromatic rings. The van der Waals surface area contributed by atoms with Gasteiger partial charge in [0.25, 0.3) is 5.56 Å². The molecule has 4 aromatic heterocycles. The van der Waals surface area contributed by atoms with Gasteiger partial charge in [0.2, 0.25) is 5.78 Å². The molecule has 0 atom stereocenters. The largest absolute Gasteiger partial charge is 0.273 e. The van der Waals surface area contributed by atoms with Crippen molar-refractivity contribution < 1.29 is 0 Å². The van der Waals surface area contributed by atoms with E-state index in [1.54, 1.807) is 27.7 Å². The third kappa shape index (κ3) is 3.22. The van der Waals surface area contributed by atoms with Crippen LogP contribution in [-0.2, 0) is 12.3 Å². The fourth-order valence-electron chi connectivity index (χ4n) is 3.07. The topological polar surface area (TPSA) is 52.2 Å². The zero-order valence-corrected chi connectivity index (χ0v) is 18.4. The third-order valence-electron chi connectivity index (χ3n) is 4.33. The molecule has 0 aliphatic rings. The maximum absolute atomic E-state index is 13.0. The molecule has 0 fully saturated rings. The SMILES string of the molecule is O=c1c2sccc2n2c(SCc3cccc(Br)c3)nnc2n1Cc1cccs1. The van der Waals surface area contributed by atoms with E-state index in [1.807, 2.05) is 45.5 Å². The molecule has 0 saturated heterocycles. The van der Waals surface area contributed by atoms with Gasteiger partial charge in [-0.05, 0) is 40.6 Å². The van der Waals surface area contributed by atoms with Gasteiger partial charge in [-0.3, -0.25) is 13.8 Å². The van der Waals surface area contributed by atoms with Crippen LogP contribution in [0.1, 0.15) is 10.4 Å². The lowest BCUT2D eigenvalue weighted by molar-refractivity contribution is 0.775. The van der Waals surface area contributed by atoms with Gasteiger partial charge in [0.05, 0.1) is 12.1 Å². The molecule has 0 spiro atoms. The molecule has 0 aliphatic carbocycles. The van der Waals surface area contributed by atoms with E-state index in [4.69, 9.17) is 0 Å². The average molecular weight is 489 g/mol. The molecule has 0 radical (unpaired) electrons. The van der Waals surface area contributed by atoms with Crippen molar-refractivity contribution in [1.82, 2.24) is 19.2 Å². The highest BCUT2D eigenvalue weighted by Gasteiger charge is 2.18. The first-order valence-corrected chi connectivity index (χ1v) is 12.0. The number of thiophene rings is 2. The number of halogens is 1. The highest BCUT2D eigenvalue weighted by Crippen LogP contribution is 2.27. The zero-order chi connectivity index (χ0) is 19.1. The number of fused-ring (bicyclic) bond motifs is 3. The molecule has 5 nitrogen and oxygen atoms in total. The Morgan fingerprint density at radius 3 is 2.82 bits per heavy atom. The summed E-state index contributed by atoms with van der Waals surface area (Å²) in [7, 11) is 0. The first-order valence-electron chi connectivity index (χ1n) is 8.45. The molecule has 0 bridgehead atoms. The van der Waals surface area contributed by atoms with Crippen LogP contribution in [0, 0.1) is 0 Å². The Morgan fingerprint density at radius 1 is 1.07 bits per heavy atom. The van der Waals surface area contributed by atoms with Crippen LogP contribution in [0.25, 0.3) is 16.0 Å². The Bertz CT molecular complexity index is 1340. The van der Waals surface area contributed by atoms with E-state index in [1.165, 1.54) is 16.9 Å². The van der Waals surface area contributed by atoms with E-state index in [9.17, 15) is 4.79 Å². The first-order chi connectivity index (χ1) is 13.7. The van der Waals surface area contributed by atoms with Crippen LogP contribution in [0.4, 0.5) is 0 Å². The second-order valence-electron chi connectivity index (χ2n) is 6.14. The van der Waals surface area contributed by atoms with Crippen molar-refractivity contribution in [2.45, 2.75) is 17.5 Å². The van der Waals surface area contributed by atoms with Gasteiger partial charge in [0.1, 0.15) is 4.70 Å². The first kappa shape index (κ1) is 18.1. The number of aromatic nitrogens is 4. The molecule has 1 aromatic carbocycles. The minimum atomic E-state index is -0.0122. The third-order valence-corrected chi connectivity index (χ3v) is 7.58. The van der Waals surface area contributed by atoms with E-state index in [-0.39, 0.29) is 5.56 Å². The monoisotopic (exact) mass is 488 g/mol. The van der Waals surface area contributed by atoms with Gasteiger partial charge < -0.3 is 0 Å². The smallest absolute Gasteiger partial charge is 0.270 e. The Labute approximate surface area is 180 Å². The molecule has 28 heavy (non-hydrogen) atoms. The van der Waals surface area contributed by atoms with Crippen LogP contribution in [-0.4, -0.2) is 19.2 Å². The molecule has 4 heterocycles. The fraction of sp³-hybridized carbons (Fsp3) is 0.105. The molecular formula is C19H13BrN4OS3. The summed E-state index contributed by atoms with van der Waals surface area (Å²) in [6, 6.07) is 14.2. The van der Waals surface area contributed by atoms with Gasteiger partial charge >= 0.3 is 0 Å². The summed E-state index contributed by atoms with van der Waals surface area (Å²) in [5, 5.41) is 13.5. The van der Waals surface area contributed by atoms with Gasteiger partial charge in [-0.1, -0.05) is 45.9 Å². The van der Waals surface area contributed by atoms with Crippen LogP contribution >= 0.6 is 50.4 Å². The molecule has 9 heteroatoms. The van der Waals surface area contributed by atoms with Crippen LogP contribution in [0.2, 0.25) is 0 Å². The maximum atomic E-state index is 13.0. The molecule has 140 valence electrons. The van der Waals surface area contributed by atoms with Gasteiger partial charge in [-0.15, -0.1) is 32.9 Å². The molecule has 0 aliphatic heterocycles. The van der Waals surface area contributed by atoms with Crippen LogP contribution in [0.15, 0.2) is 67.6 Å². The van der Waals surface area contributed by atoms with Crippen molar-refractivity contribution in [1.29, 1.82) is 0 Å². The second kappa shape index (κ2) is 7.47. The van der Waals surface area contributed by atoms with Crippen LogP contribution < -0.4 is 5.56 Å². The van der Waals surface area contributed by atoms with Crippen molar-refractivity contribution in [3.8, 4) is 0 Å². The Balaban J connectivity index is 1.61. The second-order valence-corrected chi connectivity index (χ2v) is 9.95. The van der Waals surface area contributed by atoms with E-state index in [0.29, 0.717) is 12.3 Å². The number of hydrogen-bond acceptors (Lipinski definition) is 6. The normalized spacial score (nSPS) is 11.6. The van der Waals surface area contributed by atoms with Gasteiger partial charge in [-0.25, -0.2) is 0 Å². The Kier molecular flexibility index (Phi) is 4.83. The van der Waals surface area contributed by atoms with Crippen molar-refractivity contribution >= 4 is 66.4 Å². The highest BCUT2D eigenvalue weighted by molar-refractivity contribution is 9.10. The van der Waals surface area contributed by atoms with Crippen LogP contribution in [0.3, 0.4) is 0 Å². The van der Waals surface area contributed by atoms with Gasteiger partial charge in [-0.2, -0.15) is 0 Å². The standard InChI is InChI=1S/C19H13BrN4OS3/c20-13-4-1-3-12(9-13)11-28-19-22-21-18-23(10-14-5-2-7-26-14)17(25)16-15(24(18)19)6-8-27-16/h1-9H,10-11H2. The molecule has 0 unspecified atom stereocenters. The lowest BCUT2D eigenvalue weighted by Crippen LogP contribution is -2.22. The fourth-order valence-corrected chi connectivity index (χ4v) is 5.92. The number of benzene rings is 1. The molecular weight excluding hydrogens is 476 g/mol. The average Bonchev–Trinajstić information content (AvgIpc) is 3.43. The maximum Gasteiger partial charge on any atom is 0.273 e. The van der Waals surface area contributed by atoms with E-state index in [0.717, 1.165) is 30.5 Å². The molecule has 0 N–H and O–H groups in total. The lowest BCUT2D eigenvalue weighted by Gasteiger charge is -2.08. The van der Waals surface area contributed by atoms with Crippen LogP contribution in [0.5, 0.6) is 0 Å². The quantitative estimate of drug-likeness (QED) is 0.316. The number of rotatable bonds is 5. The minimum Gasteiger partial charge on any atom is -0.270 e.